The molecule has 0 aromatic heterocycles. The molecule has 0 amide bonds. The van der Waals surface area contributed by atoms with E-state index < -0.39 is 0 Å². The van der Waals surface area contributed by atoms with Gasteiger partial charge in [-0.3, -0.25) is 4.79 Å². The maximum atomic E-state index is 10.8. The Morgan fingerprint density at radius 1 is 1.00 bits per heavy atom. The van der Waals surface area contributed by atoms with Gasteiger partial charge in [-0.05, 0) is 57.7 Å². The number of carbonyl (C=O) groups is 1. The molecule has 0 saturated heterocycles. The summed E-state index contributed by atoms with van der Waals surface area (Å²) in [6.07, 6.45) is 0.844. The molecule has 2 nitrogen and oxygen atoms in total. The van der Waals surface area contributed by atoms with E-state index in [2.05, 4.69) is 34.1 Å². The quantitative estimate of drug-likeness (QED) is 0.521. The zero-order chi connectivity index (χ0) is 16.9. The topological polar surface area (TPSA) is 26.3 Å². The van der Waals surface area contributed by atoms with Gasteiger partial charge in [0.25, 0.3) is 0 Å². The first-order valence-electron chi connectivity index (χ1n) is 7.70. The third-order valence-corrected chi connectivity index (χ3v) is 4.82. The number of carbonyl (C=O) groups excluding carboxylic acids is 1. The van der Waals surface area contributed by atoms with Crippen LogP contribution in [0.3, 0.4) is 0 Å². The zero-order valence-electron chi connectivity index (χ0n) is 13.3. The molecular formula is C21H17BrO2. The van der Waals surface area contributed by atoms with Crippen molar-refractivity contribution in [2.45, 2.75) is 13.5 Å². The molecule has 0 atom stereocenters. The molecule has 0 bridgehead atoms. The van der Waals surface area contributed by atoms with Gasteiger partial charge in [0, 0.05) is 15.6 Å². The Balaban J connectivity index is 1.83. The van der Waals surface area contributed by atoms with Gasteiger partial charge in [-0.1, -0.05) is 48.5 Å². The number of halogens is 1. The molecule has 3 rings (SSSR count). The van der Waals surface area contributed by atoms with Crippen molar-refractivity contribution >= 4 is 22.2 Å². The minimum Gasteiger partial charge on any atom is -0.489 e. The van der Waals surface area contributed by atoms with Gasteiger partial charge in [0.2, 0.25) is 0 Å². The summed E-state index contributed by atoms with van der Waals surface area (Å²) in [6, 6.07) is 21.9. The highest BCUT2D eigenvalue weighted by Gasteiger charge is 2.09. The van der Waals surface area contributed by atoms with Crippen molar-refractivity contribution in [3.8, 4) is 16.9 Å². The van der Waals surface area contributed by atoms with Crippen LogP contribution in [0, 0.1) is 6.92 Å². The number of rotatable bonds is 5. The molecule has 0 heterocycles. The van der Waals surface area contributed by atoms with Gasteiger partial charge in [-0.2, -0.15) is 0 Å². The molecule has 3 aromatic rings. The van der Waals surface area contributed by atoms with Crippen molar-refractivity contribution in [2.24, 2.45) is 0 Å². The molecule has 3 aromatic carbocycles. The molecule has 0 spiro atoms. The van der Waals surface area contributed by atoms with Crippen molar-refractivity contribution in [1.82, 2.24) is 0 Å². The van der Waals surface area contributed by atoms with E-state index in [0.29, 0.717) is 12.2 Å². The summed E-state index contributed by atoms with van der Waals surface area (Å²) in [6.45, 7) is 2.40. The van der Waals surface area contributed by atoms with Gasteiger partial charge in [-0.15, -0.1) is 0 Å². The predicted molar refractivity (Wildman–Crippen MR) is 100 cm³/mol. The van der Waals surface area contributed by atoms with Crippen LogP contribution in [0.4, 0.5) is 0 Å². The smallest absolute Gasteiger partial charge is 0.150 e. The maximum Gasteiger partial charge on any atom is 0.150 e. The normalized spacial score (nSPS) is 10.4. The highest BCUT2D eigenvalue weighted by Crippen LogP contribution is 2.32. The minimum atomic E-state index is 0.461. The Morgan fingerprint density at radius 2 is 1.79 bits per heavy atom. The Kier molecular flexibility index (Phi) is 5.11. The molecule has 0 aliphatic rings. The second-order valence-corrected chi connectivity index (χ2v) is 6.37. The van der Waals surface area contributed by atoms with Gasteiger partial charge in [0.1, 0.15) is 18.6 Å². The second kappa shape index (κ2) is 7.45. The lowest BCUT2D eigenvalue weighted by molar-refractivity contribution is 0.112. The molecule has 120 valence electrons. The van der Waals surface area contributed by atoms with E-state index in [-0.39, 0.29) is 0 Å². The first-order valence-corrected chi connectivity index (χ1v) is 8.50. The summed E-state index contributed by atoms with van der Waals surface area (Å²) in [7, 11) is 0. The van der Waals surface area contributed by atoms with Crippen molar-refractivity contribution in [3.05, 3.63) is 87.9 Å². The van der Waals surface area contributed by atoms with Crippen molar-refractivity contribution < 1.29 is 9.53 Å². The first kappa shape index (κ1) is 16.5. The first-order chi connectivity index (χ1) is 11.7. The van der Waals surface area contributed by atoms with Crippen molar-refractivity contribution in [2.75, 3.05) is 0 Å². The van der Waals surface area contributed by atoms with Gasteiger partial charge in [0.05, 0.1) is 0 Å². The molecule has 0 aliphatic heterocycles. The van der Waals surface area contributed by atoms with Crippen LogP contribution in [0.1, 0.15) is 21.5 Å². The highest BCUT2D eigenvalue weighted by molar-refractivity contribution is 9.10. The van der Waals surface area contributed by atoms with Crippen molar-refractivity contribution in [1.29, 1.82) is 0 Å². The lowest BCUT2D eigenvalue weighted by Crippen LogP contribution is -1.99. The van der Waals surface area contributed by atoms with Gasteiger partial charge >= 0.3 is 0 Å². The minimum absolute atomic E-state index is 0.461. The molecule has 0 N–H and O–H groups in total. The van der Waals surface area contributed by atoms with Crippen LogP contribution in [-0.4, -0.2) is 6.29 Å². The number of benzene rings is 3. The van der Waals surface area contributed by atoms with E-state index in [1.54, 1.807) is 6.07 Å². The Morgan fingerprint density at radius 3 is 2.50 bits per heavy atom. The maximum absolute atomic E-state index is 10.8. The standard InChI is InChI=1S/C21H17BrO2/c1-15-12-16(13-23)10-11-20(15)24-14-18-8-5-9-19(21(18)22)17-6-3-2-4-7-17/h2-13H,14H2,1H3. The van der Waals surface area contributed by atoms with Crippen LogP contribution in [0.25, 0.3) is 11.1 Å². The predicted octanol–water partition coefficient (Wildman–Crippen LogP) is 5.82. The van der Waals surface area contributed by atoms with E-state index >= 15 is 0 Å². The van der Waals surface area contributed by atoms with E-state index in [4.69, 9.17) is 4.74 Å². The third-order valence-electron chi connectivity index (χ3n) is 3.88. The largest absolute Gasteiger partial charge is 0.489 e. The lowest BCUT2D eigenvalue weighted by Gasteiger charge is -2.13. The fraction of sp³-hybridized carbons (Fsp3) is 0.0952. The van der Waals surface area contributed by atoms with Crippen molar-refractivity contribution in [3.63, 3.8) is 0 Å². The summed E-state index contributed by atoms with van der Waals surface area (Å²) in [5, 5.41) is 0. The fourth-order valence-corrected chi connectivity index (χ4v) is 3.20. The number of aldehydes is 1. The number of hydrogen-bond donors (Lipinski definition) is 0. The highest BCUT2D eigenvalue weighted by atomic mass is 79.9. The molecule has 0 unspecified atom stereocenters. The average molecular weight is 381 g/mol. The summed E-state index contributed by atoms with van der Waals surface area (Å²) in [5.41, 5.74) is 5.00. The van der Waals surface area contributed by atoms with Crippen LogP contribution in [0.2, 0.25) is 0 Å². The summed E-state index contributed by atoms with van der Waals surface area (Å²) in [4.78, 5) is 10.8. The lowest BCUT2D eigenvalue weighted by atomic mass is 10.0. The summed E-state index contributed by atoms with van der Waals surface area (Å²) >= 11 is 3.71. The monoisotopic (exact) mass is 380 g/mol. The molecule has 0 aliphatic carbocycles. The zero-order valence-corrected chi connectivity index (χ0v) is 14.9. The van der Waals surface area contributed by atoms with E-state index in [1.807, 2.05) is 49.4 Å². The van der Waals surface area contributed by atoms with Crippen LogP contribution in [-0.2, 0) is 6.61 Å². The summed E-state index contributed by atoms with van der Waals surface area (Å²) in [5.74, 6) is 0.789. The Bertz CT molecular complexity index is 857. The van der Waals surface area contributed by atoms with Gasteiger partial charge in [-0.25, -0.2) is 0 Å². The second-order valence-electron chi connectivity index (χ2n) is 5.58. The van der Waals surface area contributed by atoms with Gasteiger partial charge in [0.15, 0.2) is 0 Å². The van der Waals surface area contributed by atoms with E-state index in [1.165, 1.54) is 0 Å². The van der Waals surface area contributed by atoms with E-state index in [9.17, 15) is 4.79 Å². The SMILES string of the molecule is Cc1cc(C=O)ccc1OCc1cccc(-c2ccccc2)c1Br. The molecular weight excluding hydrogens is 364 g/mol. The molecule has 0 saturated carbocycles. The number of ether oxygens (including phenoxy) is 1. The fourth-order valence-electron chi connectivity index (χ4n) is 2.60. The molecule has 0 fully saturated rings. The molecule has 24 heavy (non-hydrogen) atoms. The summed E-state index contributed by atoms with van der Waals surface area (Å²) < 4.78 is 6.99. The van der Waals surface area contributed by atoms with Crippen LogP contribution in [0.5, 0.6) is 5.75 Å². The molecule has 3 heteroatoms. The third kappa shape index (κ3) is 3.57. The Labute approximate surface area is 150 Å². The van der Waals surface area contributed by atoms with Crippen LogP contribution >= 0.6 is 15.9 Å². The van der Waals surface area contributed by atoms with Gasteiger partial charge < -0.3 is 4.74 Å². The van der Waals surface area contributed by atoms with E-state index in [0.717, 1.165) is 38.8 Å². The van der Waals surface area contributed by atoms with Crippen LogP contribution in [0.15, 0.2) is 71.2 Å². The Hall–Kier alpha value is -2.39. The number of aryl methyl sites for hydroxylation is 1. The number of hydrogen-bond acceptors (Lipinski definition) is 2. The van der Waals surface area contributed by atoms with Crippen LogP contribution < -0.4 is 4.74 Å². The molecule has 0 radical (unpaired) electrons. The average Bonchev–Trinajstić information content (AvgIpc) is 2.62.